The minimum atomic E-state index is -2.26. The largest absolute Gasteiger partial charge is 0.408 e. The van der Waals surface area contributed by atoms with Crippen LogP contribution in [0.15, 0.2) is 60.7 Å². The van der Waals surface area contributed by atoms with Crippen LogP contribution < -0.4 is 0 Å². The number of hydrogen-bond donors (Lipinski definition) is 0. The number of benzene rings is 2. The van der Waals surface area contributed by atoms with Crippen LogP contribution in [-0.4, -0.2) is 54.7 Å². The lowest BCUT2D eigenvalue weighted by atomic mass is 9.98. The van der Waals surface area contributed by atoms with Crippen LogP contribution in [0.25, 0.3) is 0 Å². The lowest BCUT2D eigenvalue weighted by Crippen LogP contribution is -2.66. The van der Waals surface area contributed by atoms with Crippen LogP contribution in [0, 0.1) is 0 Å². The molecule has 0 radical (unpaired) electrons. The second kappa shape index (κ2) is 11.6. The van der Waals surface area contributed by atoms with Gasteiger partial charge >= 0.3 is 0 Å². The van der Waals surface area contributed by atoms with Crippen molar-refractivity contribution in [1.82, 2.24) is 0 Å². The van der Waals surface area contributed by atoms with Gasteiger partial charge in [-0.3, -0.25) is 4.21 Å². The van der Waals surface area contributed by atoms with Gasteiger partial charge in [0.05, 0.1) is 24.0 Å². The van der Waals surface area contributed by atoms with Gasteiger partial charge in [0.1, 0.15) is 24.4 Å². The summed E-state index contributed by atoms with van der Waals surface area (Å²) in [5.74, 6) is 0.471. The van der Waals surface area contributed by atoms with E-state index in [9.17, 15) is 4.21 Å². The zero-order valence-corrected chi connectivity index (χ0v) is 24.0. The standard InChI is InChI=1S/C28H40O6SSi/c1-7-35(29)27-25(34-36(5,6)28(2,3)4)24(30-18-20-14-10-8-11-15-20)23-22(32-27)19-31-26(33-23)21-16-12-9-13-17-21/h8-17,22-27H,7,18-19H2,1-6H3/t22-,23-,24+,25+,26?,27-,35?/m1/s1. The first-order valence-corrected chi connectivity index (χ1v) is 17.1. The van der Waals surface area contributed by atoms with E-state index in [-0.39, 0.29) is 5.04 Å². The highest BCUT2D eigenvalue weighted by atomic mass is 32.2. The Kier molecular flexibility index (Phi) is 8.87. The Morgan fingerprint density at radius 2 is 1.61 bits per heavy atom. The SMILES string of the molecule is CCS(=O)[C@H]1O[C@@H]2COC(c3ccccc3)O[C@H]2[C@H](OCc2ccccc2)[C@@H]1O[Si](C)(C)C(C)(C)C. The van der Waals surface area contributed by atoms with Gasteiger partial charge in [-0.1, -0.05) is 88.4 Å². The predicted molar refractivity (Wildman–Crippen MR) is 144 cm³/mol. The van der Waals surface area contributed by atoms with Gasteiger partial charge in [-0.15, -0.1) is 0 Å². The molecule has 0 aromatic heterocycles. The number of ether oxygens (including phenoxy) is 4. The Hall–Kier alpha value is -1.39. The minimum absolute atomic E-state index is 0.0325. The van der Waals surface area contributed by atoms with Gasteiger partial charge in [0.25, 0.3) is 0 Å². The average Bonchev–Trinajstić information content (AvgIpc) is 2.87. The Labute approximate surface area is 219 Å². The Morgan fingerprint density at radius 3 is 2.22 bits per heavy atom. The molecule has 7 atom stereocenters. The van der Waals surface area contributed by atoms with Crippen LogP contribution in [0.1, 0.15) is 45.1 Å². The Balaban J connectivity index is 1.68. The summed E-state index contributed by atoms with van der Waals surface area (Å²) >= 11 is 0. The topological polar surface area (TPSA) is 63.2 Å². The summed E-state index contributed by atoms with van der Waals surface area (Å²) in [6.45, 7) is 13.7. The van der Waals surface area contributed by atoms with Gasteiger partial charge in [-0.2, -0.15) is 0 Å². The van der Waals surface area contributed by atoms with Crippen molar-refractivity contribution in [3.63, 3.8) is 0 Å². The molecule has 2 aliphatic rings. The highest BCUT2D eigenvalue weighted by molar-refractivity contribution is 7.85. The first-order valence-electron chi connectivity index (χ1n) is 12.8. The zero-order valence-electron chi connectivity index (χ0n) is 22.2. The van der Waals surface area contributed by atoms with Crippen LogP contribution in [0.4, 0.5) is 0 Å². The summed E-state index contributed by atoms with van der Waals surface area (Å²) in [7, 11) is -3.51. The molecule has 0 saturated carbocycles. The maximum atomic E-state index is 13.3. The molecular formula is C28H40O6SSi. The summed E-state index contributed by atoms with van der Waals surface area (Å²) in [4.78, 5) is 0. The molecule has 0 aliphatic carbocycles. The van der Waals surface area contributed by atoms with E-state index in [4.69, 9.17) is 23.4 Å². The molecular weight excluding hydrogens is 492 g/mol. The molecule has 4 rings (SSSR count). The summed E-state index contributed by atoms with van der Waals surface area (Å²) in [6.07, 6.45) is -2.33. The Morgan fingerprint density at radius 1 is 0.972 bits per heavy atom. The van der Waals surface area contributed by atoms with Crippen molar-refractivity contribution in [2.75, 3.05) is 12.4 Å². The van der Waals surface area contributed by atoms with E-state index in [0.29, 0.717) is 19.0 Å². The van der Waals surface area contributed by atoms with E-state index in [2.05, 4.69) is 33.9 Å². The molecule has 2 saturated heterocycles. The molecule has 36 heavy (non-hydrogen) atoms. The second-order valence-corrected chi connectivity index (χ2v) is 17.6. The van der Waals surface area contributed by atoms with Gasteiger partial charge in [0.15, 0.2) is 20.0 Å². The van der Waals surface area contributed by atoms with Crippen LogP contribution >= 0.6 is 0 Å². The summed E-state index contributed by atoms with van der Waals surface area (Å²) in [6, 6.07) is 20.0. The third-order valence-corrected chi connectivity index (χ3v) is 13.4. The lowest BCUT2D eigenvalue weighted by Gasteiger charge is -2.51. The molecule has 0 spiro atoms. The van der Waals surface area contributed by atoms with Crippen LogP contribution in [-0.2, 0) is 40.8 Å². The molecule has 2 fully saturated rings. The molecule has 2 aliphatic heterocycles. The van der Waals surface area contributed by atoms with Crippen LogP contribution in [0.2, 0.25) is 18.1 Å². The quantitative estimate of drug-likeness (QED) is 0.414. The number of hydrogen-bond acceptors (Lipinski definition) is 6. The van der Waals surface area contributed by atoms with Crippen LogP contribution in [0.3, 0.4) is 0 Å². The van der Waals surface area contributed by atoms with E-state index >= 15 is 0 Å². The van der Waals surface area contributed by atoms with Crippen molar-refractivity contribution in [3.8, 4) is 0 Å². The maximum absolute atomic E-state index is 13.3. The molecule has 2 aromatic carbocycles. The molecule has 8 heteroatoms. The first kappa shape index (κ1) is 27.6. The normalized spacial score (nSPS) is 29.9. The molecule has 2 heterocycles. The van der Waals surface area contributed by atoms with Gasteiger partial charge in [-0.25, -0.2) is 0 Å². The second-order valence-electron chi connectivity index (χ2n) is 11.0. The third-order valence-electron chi connectivity index (χ3n) is 7.42. The van der Waals surface area contributed by atoms with Crippen molar-refractivity contribution in [2.24, 2.45) is 0 Å². The predicted octanol–water partition coefficient (Wildman–Crippen LogP) is 5.57. The third kappa shape index (κ3) is 6.18. The lowest BCUT2D eigenvalue weighted by molar-refractivity contribution is -0.324. The fourth-order valence-corrected chi connectivity index (χ4v) is 6.80. The molecule has 198 valence electrons. The summed E-state index contributed by atoms with van der Waals surface area (Å²) < 4.78 is 45.9. The van der Waals surface area contributed by atoms with Gasteiger partial charge in [-0.05, 0) is 23.7 Å². The van der Waals surface area contributed by atoms with Crippen molar-refractivity contribution in [1.29, 1.82) is 0 Å². The summed E-state index contributed by atoms with van der Waals surface area (Å²) in [5, 5.41) is -0.0325. The van der Waals surface area contributed by atoms with E-state index in [0.717, 1.165) is 11.1 Å². The molecule has 0 N–H and O–H groups in total. The monoisotopic (exact) mass is 532 g/mol. The van der Waals surface area contributed by atoms with Crippen molar-refractivity contribution >= 4 is 19.1 Å². The van der Waals surface area contributed by atoms with E-state index in [1.54, 1.807) is 0 Å². The summed E-state index contributed by atoms with van der Waals surface area (Å²) in [5.41, 5.74) is 1.39. The van der Waals surface area contributed by atoms with Crippen LogP contribution in [0.5, 0.6) is 0 Å². The van der Waals surface area contributed by atoms with Crippen molar-refractivity contribution in [3.05, 3.63) is 71.8 Å². The number of rotatable bonds is 8. The molecule has 0 amide bonds. The smallest absolute Gasteiger partial charge is 0.192 e. The fourth-order valence-electron chi connectivity index (χ4n) is 4.30. The van der Waals surface area contributed by atoms with Crippen molar-refractivity contribution < 1.29 is 27.6 Å². The van der Waals surface area contributed by atoms with E-state index in [1.165, 1.54) is 0 Å². The van der Waals surface area contributed by atoms with Crippen molar-refractivity contribution in [2.45, 2.75) is 88.6 Å². The molecule has 6 nitrogen and oxygen atoms in total. The van der Waals surface area contributed by atoms with Gasteiger partial charge < -0.3 is 23.4 Å². The first-order chi connectivity index (χ1) is 17.1. The van der Waals surface area contributed by atoms with E-state index in [1.807, 2.05) is 67.6 Å². The zero-order chi connectivity index (χ0) is 25.9. The molecule has 2 aromatic rings. The van der Waals surface area contributed by atoms with Gasteiger partial charge in [0.2, 0.25) is 0 Å². The highest BCUT2D eigenvalue weighted by Gasteiger charge is 2.55. The average molecular weight is 533 g/mol. The molecule has 2 unspecified atom stereocenters. The Bertz CT molecular complexity index is 996. The molecule has 0 bridgehead atoms. The minimum Gasteiger partial charge on any atom is -0.408 e. The highest BCUT2D eigenvalue weighted by Crippen LogP contribution is 2.42. The van der Waals surface area contributed by atoms with Gasteiger partial charge in [0, 0.05) is 11.3 Å². The number of fused-ring (bicyclic) bond motifs is 1. The maximum Gasteiger partial charge on any atom is 0.192 e. The fraction of sp³-hybridized carbons (Fsp3) is 0.571. The van der Waals surface area contributed by atoms with E-state index < -0.39 is 55.3 Å².